The first-order valence-corrected chi connectivity index (χ1v) is 8.94. The molecule has 1 aromatic carbocycles. The maximum atomic E-state index is 9.28. The van der Waals surface area contributed by atoms with Gasteiger partial charge in [0.1, 0.15) is 0 Å². The van der Waals surface area contributed by atoms with Gasteiger partial charge in [-0.25, -0.2) is 4.98 Å². The van der Waals surface area contributed by atoms with E-state index in [1.54, 1.807) is 36.7 Å². The van der Waals surface area contributed by atoms with Crippen LogP contribution in [0.15, 0.2) is 48.8 Å². The Hall–Kier alpha value is -2.61. The minimum Gasteiger partial charge on any atom is -0.394 e. The van der Waals surface area contributed by atoms with E-state index in [-0.39, 0.29) is 12.6 Å². The van der Waals surface area contributed by atoms with E-state index >= 15 is 0 Å². The molecule has 0 saturated carbocycles. The smallest absolute Gasteiger partial charge is 0.225 e. The third kappa shape index (κ3) is 5.19. The molecule has 27 heavy (non-hydrogen) atoms. The van der Waals surface area contributed by atoms with Crippen molar-refractivity contribution in [2.45, 2.75) is 13.0 Å². The molecule has 4 N–H and O–H groups in total. The summed E-state index contributed by atoms with van der Waals surface area (Å²) in [6.45, 7) is 1.80. The predicted molar refractivity (Wildman–Crippen MR) is 109 cm³/mol. The number of nitrogens with one attached hydrogen (secondary N) is 3. The van der Waals surface area contributed by atoms with E-state index in [4.69, 9.17) is 23.2 Å². The summed E-state index contributed by atoms with van der Waals surface area (Å²) in [6, 6.07) is 10.4. The fourth-order valence-corrected chi connectivity index (χ4v) is 2.69. The van der Waals surface area contributed by atoms with Crippen LogP contribution < -0.4 is 16.2 Å². The van der Waals surface area contributed by atoms with Crippen LogP contribution in [0.2, 0.25) is 10.0 Å². The summed E-state index contributed by atoms with van der Waals surface area (Å²) < 4.78 is 0. The van der Waals surface area contributed by atoms with Crippen molar-refractivity contribution in [2.24, 2.45) is 0 Å². The lowest BCUT2D eigenvalue weighted by Gasteiger charge is -2.15. The number of aromatic nitrogens is 3. The topological polar surface area (TPSA) is 95.0 Å². The average Bonchev–Trinajstić information content (AvgIpc) is 2.67. The first-order valence-electron chi connectivity index (χ1n) is 8.19. The Morgan fingerprint density at radius 1 is 1.04 bits per heavy atom. The highest BCUT2D eigenvalue weighted by atomic mass is 35.5. The summed E-state index contributed by atoms with van der Waals surface area (Å²) in [5, 5.41) is 13.4. The summed E-state index contributed by atoms with van der Waals surface area (Å²) in [5.74, 6) is 0.910. The van der Waals surface area contributed by atoms with Crippen molar-refractivity contribution < 1.29 is 5.11 Å². The van der Waals surface area contributed by atoms with E-state index in [1.165, 1.54) is 0 Å². The first kappa shape index (κ1) is 19.2. The van der Waals surface area contributed by atoms with Gasteiger partial charge in [-0.2, -0.15) is 4.98 Å². The largest absolute Gasteiger partial charge is 0.394 e. The molecule has 0 aliphatic carbocycles. The van der Waals surface area contributed by atoms with Crippen LogP contribution in [0.5, 0.6) is 0 Å². The molecule has 2 heterocycles. The zero-order valence-corrected chi connectivity index (χ0v) is 16.0. The Kier molecular flexibility index (Phi) is 6.28. The zero-order chi connectivity index (χ0) is 19.2. The lowest BCUT2D eigenvalue weighted by atomic mass is 10.2. The van der Waals surface area contributed by atoms with Gasteiger partial charge < -0.3 is 10.4 Å². The predicted octanol–water partition coefficient (Wildman–Crippen LogP) is 4.08. The molecular weight excluding hydrogens is 387 g/mol. The number of hydrazine groups is 1. The summed E-state index contributed by atoms with van der Waals surface area (Å²) >= 11 is 12.1. The zero-order valence-electron chi connectivity index (χ0n) is 14.4. The number of nitrogens with zero attached hydrogens (tertiary/aromatic N) is 3. The number of halogens is 2. The molecule has 7 nitrogen and oxygen atoms in total. The second-order valence-corrected chi connectivity index (χ2v) is 6.64. The van der Waals surface area contributed by atoms with Crippen molar-refractivity contribution >= 4 is 40.7 Å². The summed E-state index contributed by atoms with van der Waals surface area (Å²) in [5.41, 5.74) is 8.27. The normalized spacial score (nSPS) is 11.7. The molecule has 1 atom stereocenters. The molecule has 0 fully saturated rings. The molecule has 3 aromatic rings. The highest BCUT2D eigenvalue weighted by Gasteiger charge is 2.10. The molecule has 9 heteroatoms. The third-order valence-corrected chi connectivity index (χ3v) is 4.16. The van der Waals surface area contributed by atoms with Gasteiger partial charge in [0.05, 0.1) is 23.0 Å². The Bertz CT molecular complexity index is 910. The van der Waals surface area contributed by atoms with Gasteiger partial charge in [0.2, 0.25) is 5.95 Å². The Labute approximate surface area is 166 Å². The second-order valence-electron chi connectivity index (χ2n) is 5.80. The molecule has 3 rings (SSSR count). The summed E-state index contributed by atoms with van der Waals surface area (Å²) in [6.07, 6.45) is 3.39. The minimum absolute atomic E-state index is 0.0375. The average molecular weight is 405 g/mol. The van der Waals surface area contributed by atoms with Crippen LogP contribution in [0.1, 0.15) is 6.92 Å². The van der Waals surface area contributed by atoms with Gasteiger partial charge in [-0.05, 0) is 37.3 Å². The van der Waals surface area contributed by atoms with Gasteiger partial charge in [-0.1, -0.05) is 23.2 Å². The van der Waals surface area contributed by atoms with Crippen LogP contribution in [-0.4, -0.2) is 32.7 Å². The molecular formula is C18H18Cl2N6O. The van der Waals surface area contributed by atoms with Gasteiger partial charge in [0, 0.05) is 35.1 Å². The number of hydrogen-bond donors (Lipinski definition) is 4. The molecule has 0 amide bonds. The minimum atomic E-state index is -0.191. The van der Waals surface area contributed by atoms with E-state index in [0.29, 0.717) is 33.2 Å². The number of pyridine rings is 1. The van der Waals surface area contributed by atoms with Crippen molar-refractivity contribution in [3.05, 3.63) is 58.8 Å². The molecule has 0 bridgehead atoms. The standard InChI is InChI=1S/C18H18Cl2N6O/c1-11(10-27)22-18-23-16(12-4-6-21-7-5-12)9-17(24-18)26-25-15-3-2-13(19)8-14(15)20/h2-9,11,25,27H,10H2,1H3,(H2,22,23,24,26)/t11-/m0/s1. The summed E-state index contributed by atoms with van der Waals surface area (Å²) in [4.78, 5) is 12.9. The third-order valence-electron chi connectivity index (χ3n) is 3.61. The van der Waals surface area contributed by atoms with Crippen molar-refractivity contribution in [3.63, 3.8) is 0 Å². The fourth-order valence-electron chi connectivity index (χ4n) is 2.23. The number of aliphatic hydroxyl groups excluding tert-OH is 1. The van der Waals surface area contributed by atoms with Crippen molar-refractivity contribution in [2.75, 3.05) is 22.8 Å². The molecule has 0 spiro atoms. The summed E-state index contributed by atoms with van der Waals surface area (Å²) in [7, 11) is 0. The van der Waals surface area contributed by atoms with Crippen LogP contribution in [0.25, 0.3) is 11.3 Å². The van der Waals surface area contributed by atoms with Crippen LogP contribution in [0.4, 0.5) is 17.5 Å². The molecule has 0 unspecified atom stereocenters. The van der Waals surface area contributed by atoms with E-state index in [9.17, 15) is 5.11 Å². The molecule has 0 radical (unpaired) electrons. The van der Waals surface area contributed by atoms with Gasteiger partial charge in [-0.3, -0.25) is 15.8 Å². The van der Waals surface area contributed by atoms with Crippen LogP contribution in [0.3, 0.4) is 0 Å². The number of rotatable bonds is 7. The van der Waals surface area contributed by atoms with Gasteiger partial charge in [0.25, 0.3) is 0 Å². The molecule has 0 aliphatic rings. The highest BCUT2D eigenvalue weighted by Crippen LogP contribution is 2.26. The quantitative estimate of drug-likeness (QED) is 0.440. The SMILES string of the molecule is C[C@@H](CO)Nc1nc(NNc2ccc(Cl)cc2Cl)cc(-c2ccncc2)n1. The van der Waals surface area contributed by atoms with E-state index in [0.717, 1.165) is 5.56 Å². The van der Waals surface area contributed by atoms with Crippen molar-refractivity contribution in [1.29, 1.82) is 0 Å². The van der Waals surface area contributed by atoms with Crippen LogP contribution in [-0.2, 0) is 0 Å². The van der Waals surface area contributed by atoms with Gasteiger partial charge >= 0.3 is 0 Å². The van der Waals surface area contributed by atoms with Crippen LogP contribution >= 0.6 is 23.2 Å². The molecule has 0 aliphatic heterocycles. The Balaban J connectivity index is 1.87. The van der Waals surface area contributed by atoms with Gasteiger partial charge in [0.15, 0.2) is 5.82 Å². The highest BCUT2D eigenvalue weighted by molar-refractivity contribution is 6.36. The number of hydrogen-bond acceptors (Lipinski definition) is 7. The second kappa shape index (κ2) is 8.85. The number of benzene rings is 1. The Morgan fingerprint density at radius 3 is 2.52 bits per heavy atom. The first-order chi connectivity index (χ1) is 13.0. The maximum absolute atomic E-state index is 9.28. The molecule has 2 aromatic heterocycles. The van der Waals surface area contributed by atoms with E-state index in [1.807, 2.05) is 19.1 Å². The van der Waals surface area contributed by atoms with Crippen molar-refractivity contribution in [3.8, 4) is 11.3 Å². The van der Waals surface area contributed by atoms with Crippen LogP contribution in [0, 0.1) is 0 Å². The number of aliphatic hydroxyl groups is 1. The lowest BCUT2D eigenvalue weighted by molar-refractivity contribution is 0.281. The molecule has 140 valence electrons. The molecule has 0 saturated heterocycles. The van der Waals surface area contributed by atoms with E-state index < -0.39 is 0 Å². The van der Waals surface area contributed by atoms with Gasteiger partial charge in [-0.15, -0.1) is 0 Å². The Morgan fingerprint density at radius 2 is 1.81 bits per heavy atom. The fraction of sp³-hybridized carbons (Fsp3) is 0.167. The lowest BCUT2D eigenvalue weighted by Crippen LogP contribution is -2.21. The monoisotopic (exact) mass is 404 g/mol. The number of anilines is 3. The van der Waals surface area contributed by atoms with E-state index in [2.05, 4.69) is 31.1 Å². The van der Waals surface area contributed by atoms with Crippen molar-refractivity contribution in [1.82, 2.24) is 15.0 Å². The maximum Gasteiger partial charge on any atom is 0.225 e.